The lowest BCUT2D eigenvalue weighted by molar-refractivity contribution is -0.383. The lowest BCUT2D eigenvalue weighted by atomic mass is 9.84. The van der Waals surface area contributed by atoms with E-state index < -0.39 is 4.92 Å². The zero-order valence-corrected chi connectivity index (χ0v) is 12.2. The fraction of sp³-hybridized carbons (Fsp3) is 0.533. The Labute approximate surface area is 123 Å². The molecule has 6 heteroatoms. The fourth-order valence-corrected chi connectivity index (χ4v) is 2.85. The molecule has 1 aromatic carbocycles. The number of nitrogens with one attached hydrogen (secondary N) is 1. The molecule has 0 unspecified atom stereocenters. The predicted molar refractivity (Wildman–Crippen MR) is 81.0 cm³/mol. The number of carbonyl (C=O) groups is 1. The van der Waals surface area contributed by atoms with Gasteiger partial charge in [0.1, 0.15) is 5.69 Å². The van der Waals surface area contributed by atoms with Crippen LogP contribution < -0.4 is 11.1 Å². The molecule has 2 rings (SSSR count). The molecule has 0 aliphatic heterocycles. The molecule has 1 aliphatic carbocycles. The van der Waals surface area contributed by atoms with Gasteiger partial charge in [0, 0.05) is 17.7 Å². The van der Waals surface area contributed by atoms with Crippen LogP contribution in [-0.2, 0) is 0 Å². The number of benzene rings is 1. The molecule has 0 atom stereocenters. The molecule has 0 radical (unpaired) electrons. The van der Waals surface area contributed by atoms with Gasteiger partial charge in [-0.1, -0.05) is 13.3 Å². The Morgan fingerprint density at radius 2 is 2.05 bits per heavy atom. The van der Waals surface area contributed by atoms with E-state index >= 15 is 0 Å². The maximum Gasteiger partial charge on any atom is 0.292 e. The zero-order valence-electron chi connectivity index (χ0n) is 12.2. The molecule has 1 aliphatic rings. The highest BCUT2D eigenvalue weighted by molar-refractivity contribution is 5.95. The summed E-state index contributed by atoms with van der Waals surface area (Å²) in [6.07, 6.45) is 5.46. The van der Waals surface area contributed by atoms with Crippen LogP contribution in [-0.4, -0.2) is 16.9 Å². The van der Waals surface area contributed by atoms with Crippen LogP contribution in [0.25, 0.3) is 0 Å². The normalized spacial score (nSPS) is 21.8. The molecule has 0 saturated heterocycles. The highest BCUT2D eigenvalue weighted by Gasteiger charge is 2.22. The summed E-state index contributed by atoms with van der Waals surface area (Å²) in [5, 5.41) is 13.7. The maximum absolute atomic E-state index is 12.2. The number of carbonyl (C=O) groups excluding carboxylic acids is 1. The van der Waals surface area contributed by atoms with Crippen molar-refractivity contribution in [1.82, 2.24) is 5.32 Å². The van der Waals surface area contributed by atoms with Crippen molar-refractivity contribution in [3.05, 3.63) is 33.9 Å². The topological polar surface area (TPSA) is 98.3 Å². The van der Waals surface area contributed by atoms with Gasteiger partial charge in [0.05, 0.1) is 4.92 Å². The van der Waals surface area contributed by atoms with Crippen molar-refractivity contribution in [2.75, 3.05) is 5.73 Å². The number of nitrogens with two attached hydrogens (primary N) is 1. The van der Waals surface area contributed by atoms with Crippen molar-refractivity contribution in [3.63, 3.8) is 0 Å². The number of nitrogens with zero attached hydrogens (tertiary/aromatic N) is 1. The van der Waals surface area contributed by atoms with Gasteiger partial charge in [0.2, 0.25) is 0 Å². The van der Waals surface area contributed by atoms with Gasteiger partial charge in [0.15, 0.2) is 0 Å². The Kier molecular flexibility index (Phi) is 4.77. The second-order valence-electron chi connectivity index (χ2n) is 5.63. The summed E-state index contributed by atoms with van der Waals surface area (Å²) in [5.74, 6) is 0.560. The van der Waals surface area contributed by atoms with E-state index in [0.29, 0.717) is 5.56 Å². The molecule has 0 spiro atoms. The largest absolute Gasteiger partial charge is 0.393 e. The van der Waals surface area contributed by atoms with Crippen molar-refractivity contribution < 1.29 is 9.72 Å². The third kappa shape index (κ3) is 3.71. The quantitative estimate of drug-likeness (QED) is 0.506. The molecule has 0 heterocycles. The molecule has 1 amide bonds. The van der Waals surface area contributed by atoms with Crippen LogP contribution in [0.1, 0.15) is 49.4 Å². The standard InChI is InChI=1S/C15H21N3O3/c1-2-10-3-6-12(7-4-10)17-15(19)11-5-8-14(18(20)21)13(16)9-11/h5,8-10,12H,2-4,6-7,16H2,1H3,(H,17,19). The van der Waals surface area contributed by atoms with Crippen LogP contribution in [0, 0.1) is 16.0 Å². The number of nitro groups is 1. The highest BCUT2D eigenvalue weighted by atomic mass is 16.6. The molecule has 21 heavy (non-hydrogen) atoms. The van der Waals surface area contributed by atoms with Gasteiger partial charge in [-0.05, 0) is 43.7 Å². The number of hydrogen-bond donors (Lipinski definition) is 2. The van der Waals surface area contributed by atoms with Gasteiger partial charge in [-0.2, -0.15) is 0 Å². The summed E-state index contributed by atoms with van der Waals surface area (Å²) < 4.78 is 0. The first-order valence-corrected chi connectivity index (χ1v) is 7.36. The summed E-state index contributed by atoms with van der Waals surface area (Å²) in [4.78, 5) is 22.3. The van der Waals surface area contributed by atoms with Crippen molar-refractivity contribution in [2.24, 2.45) is 5.92 Å². The molecular formula is C15H21N3O3. The molecule has 0 bridgehead atoms. The number of anilines is 1. The summed E-state index contributed by atoms with van der Waals surface area (Å²) in [6.45, 7) is 2.20. The predicted octanol–water partition coefficient (Wildman–Crippen LogP) is 2.88. The average Bonchev–Trinajstić information content (AvgIpc) is 2.47. The van der Waals surface area contributed by atoms with E-state index in [9.17, 15) is 14.9 Å². The molecule has 3 N–H and O–H groups in total. The van der Waals surface area contributed by atoms with Gasteiger partial charge in [0.25, 0.3) is 11.6 Å². The number of rotatable bonds is 4. The van der Waals surface area contributed by atoms with Crippen molar-refractivity contribution in [2.45, 2.75) is 45.1 Å². The van der Waals surface area contributed by atoms with Crippen molar-refractivity contribution in [1.29, 1.82) is 0 Å². The van der Waals surface area contributed by atoms with Crippen LogP contribution in [0.3, 0.4) is 0 Å². The summed E-state index contributed by atoms with van der Waals surface area (Å²) >= 11 is 0. The SMILES string of the molecule is CCC1CCC(NC(=O)c2ccc([N+](=O)[O-])c(N)c2)CC1. The second kappa shape index (κ2) is 6.56. The minimum atomic E-state index is -0.553. The van der Waals surface area contributed by atoms with Gasteiger partial charge < -0.3 is 11.1 Å². The minimum Gasteiger partial charge on any atom is -0.393 e. The molecular weight excluding hydrogens is 270 g/mol. The van der Waals surface area contributed by atoms with Crippen LogP contribution >= 0.6 is 0 Å². The maximum atomic E-state index is 12.2. The first kappa shape index (κ1) is 15.3. The smallest absolute Gasteiger partial charge is 0.292 e. The van der Waals surface area contributed by atoms with Crippen molar-refractivity contribution >= 4 is 17.3 Å². The van der Waals surface area contributed by atoms with E-state index in [1.807, 2.05) is 0 Å². The minimum absolute atomic E-state index is 0.0161. The Morgan fingerprint density at radius 3 is 2.57 bits per heavy atom. The van der Waals surface area contributed by atoms with Crippen molar-refractivity contribution in [3.8, 4) is 0 Å². The van der Waals surface area contributed by atoms with E-state index in [2.05, 4.69) is 12.2 Å². The van der Waals surface area contributed by atoms with Gasteiger partial charge in [-0.3, -0.25) is 14.9 Å². The fourth-order valence-electron chi connectivity index (χ4n) is 2.85. The molecule has 6 nitrogen and oxygen atoms in total. The number of amides is 1. The zero-order chi connectivity index (χ0) is 15.4. The third-order valence-electron chi connectivity index (χ3n) is 4.25. The molecule has 1 saturated carbocycles. The third-order valence-corrected chi connectivity index (χ3v) is 4.25. The lowest BCUT2D eigenvalue weighted by Gasteiger charge is -2.28. The Hall–Kier alpha value is -2.11. The first-order valence-electron chi connectivity index (χ1n) is 7.36. The number of nitrogen functional groups attached to an aromatic ring is 1. The van der Waals surface area contributed by atoms with Gasteiger partial charge in [-0.25, -0.2) is 0 Å². The number of hydrogen-bond acceptors (Lipinski definition) is 4. The van der Waals surface area contributed by atoms with Crippen LogP contribution in [0.2, 0.25) is 0 Å². The summed E-state index contributed by atoms with van der Waals surface area (Å²) in [7, 11) is 0. The average molecular weight is 291 g/mol. The second-order valence-corrected chi connectivity index (χ2v) is 5.63. The van der Waals surface area contributed by atoms with E-state index in [-0.39, 0.29) is 23.3 Å². The van der Waals surface area contributed by atoms with E-state index in [1.165, 1.54) is 24.6 Å². The first-order chi connectivity index (χ1) is 10.0. The molecule has 1 aromatic rings. The van der Waals surface area contributed by atoms with E-state index in [1.54, 1.807) is 0 Å². The van der Waals surface area contributed by atoms with Gasteiger partial charge in [-0.15, -0.1) is 0 Å². The summed E-state index contributed by atoms with van der Waals surface area (Å²) in [5.41, 5.74) is 5.82. The van der Waals surface area contributed by atoms with Crippen LogP contribution in [0.4, 0.5) is 11.4 Å². The monoisotopic (exact) mass is 291 g/mol. The number of nitro benzene ring substituents is 1. The van der Waals surface area contributed by atoms with Gasteiger partial charge >= 0.3 is 0 Å². The Morgan fingerprint density at radius 1 is 1.38 bits per heavy atom. The molecule has 1 fully saturated rings. The van der Waals surface area contributed by atoms with E-state index in [4.69, 9.17) is 5.73 Å². The lowest BCUT2D eigenvalue weighted by Crippen LogP contribution is -2.37. The van der Waals surface area contributed by atoms with Crippen LogP contribution in [0.5, 0.6) is 0 Å². The Bertz CT molecular complexity index is 537. The highest BCUT2D eigenvalue weighted by Crippen LogP contribution is 2.27. The summed E-state index contributed by atoms with van der Waals surface area (Å²) in [6, 6.07) is 4.28. The van der Waals surface area contributed by atoms with Crippen LogP contribution in [0.15, 0.2) is 18.2 Å². The Balaban J connectivity index is 1.98. The molecule has 114 valence electrons. The molecule has 0 aromatic heterocycles. The van der Waals surface area contributed by atoms with E-state index in [0.717, 1.165) is 31.6 Å².